The lowest BCUT2D eigenvalue weighted by molar-refractivity contribution is -0.137. The molecule has 1 heterocycles. The van der Waals surface area contributed by atoms with Crippen LogP contribution in [-0.4, -0.2) is 18.0 Å². The first-order valence-electron chi connectivity index (χ1n) is 8.91. The second-order valence-electron chi connectivity index (χ2n) is 8.03. The molecule has 2 nitrogen and oxygen atoms in total. The predicted octanol–water partition coefficient (Wildman–Crippen LogP) is 4.12. The first-order valence-corrected chi connectivity index (χ1v) is 8.91. The van der Waals surface area contributed by atoms with Crippen LogP contribution in [0.4, 0.5) is 0 Å². The largest absolute Gasteiger partial charge is 0.375 e. The van der Waals surface area contributed by atoms with E-state index in [9.17, 15) is 4.79 Å². The monoisotopic (exact) mass is 276 g/mol. The van der Waals surface area contributed by atoms with E-state index in [0.717, 1.165) is 43.6 Å². The van der Waals surface area contributed by atoms with Crippen molar-refractivity contribution in [1.82, 2.24) is 0 Å². The average molecular weight is 276 g/mol. The van der Waals surface area contributed by atoms with Gasteiger partial charge in [-0.25, -0.2) is 0 Å². The van der Waals surface area contributed by atoms with Crippen molar-refractivity contribution in [2.75, 3.05) is 6.61 Å². The van der Waals surface area contributed by atoms with Crippen LogP contribution >= 0.6 is 0 Å². The van der Waals surface area contributed by atoms with Crippen LogP contribution in [0.1, 0.15) is 70.6 Å². The number of ketones is 1. The zero-order valence-electron chi connectivity index (χ0n) is 12.6. The van der Waals surface area contributed by atoms with Crippen molar-refractivity contribution < 1.29 is 9.53 Å². The molecule has 112 valence electrons. The van der Waals surface area contributed by atoms with Crippen molar-refractivity contribution in [2.24, 2.45) is 23.7 Å². The lowest BCUT2D eigenvalue weighted by Gasteiger charge is -2.38. The van der Waals surface area contributed by atoms with Gasteiger partial charge in [0.15, 0.2) is 0 Å². The maximum atomic E-state index is 12.7. The van der Waals surface area contributed by atoms with Crippen LogP contribution in [-0.2, 0) is 9.53 Å². The van der Waals surface area contributed by atoms with E-state index < -0.39 is 0 Å². The van der Waals surface area contributed by atoms with Crippen LogP contribution in [0.3, 0.4) is 0 Å². The Morgan fingerprint density at radius 2 is 1.95 bits per heavy atom. The normalized spacial score (nSPS) is 42.4. The van der Waals surface area contributed by atoms with Gasteiger partial charge < -0.3 is 4.74 Å². The molecule has 2 bridgehead atoms. The molecule has 0 aromatic carbocycles. The molecule has 1 saturated heterocycles. The SMILES string of the molecule is O=C(CC1CC2CCC1C2)C1CCOC2(CCCC2)C1. The van der Waals surface area contributed by atoms with Crippen molar-refractivity contribution in [3.05, 3.63) is 0 Å². The van der Waals surface area contributed by atoms with Crippen LogP contribution in [0.25, 0.3) is 0 Å². The Balaban J connectivity index is 1.36. The van der Waals surface area contributed by atoms with E-state index in [0.29, 0.717) is 11.7 Å². The van der Waals surface area contributed by atoms with Crippen molar-refractivity contribution in [3.63, 3.8) is 0 Å². The highest BCUT2D eigenvalue weighted by Gasteiger charge is 2.44. The fourth-order valence-electron chi connectivity index (χ4n) is 5.72. The second-order valence-corrected chi connectivity index (χ2v) is 8.03. The predicted molar refractivity (Wildman–Crippen MR) is 78.4 cm³/mol. The summed E-state index contributed by atoms with van der Waals surface area (Å²) < 4.78 is 6.07. The highest BCUT2D eigenvalue weighted by atomic mass is 16.5. The molecule has 3 aliphatic carbocycles. The number of fused-ring (bicyclic) bond motifs is 2. The maximum absolute atomic E-state index is 12.7. The molecule has 0 aromatic heterocycles. The molecule has 2 heteroatoms. The Bertz CT molecular complexity index is 383. The molecule has 4 unspecified atom stereocenters. The van der Waals surface area contributed by atoms with E-state index in [1.807, 2.05) is 0 Å². The minimum Gasteiger partial charge on any atom is -0.375 e. The van der Waals surface area contributed by atoms with E-state index in [-0.39, 0.29) is 5.60 Å². The van der Waals surface area contributed by atoms with Gasteiger partial charge in [0, 0.05) is 18.9 Å². The molecule has 3 saturated carbocycles. The first-order chi connectivity index (χ1) is 9.74. The number of rotatable bonds is 3. The van der Waals surface area contributed by atoms with Crippen LogP contribution < -0.4 is 0 Å². The molecule has 4 rings (SSSR count). The highest BCUT2D eigenvalue weighted by molar-refractivity contribution is 5.81. The topological polar surface area (TPSA) is 26.3 Å². The quantitative estimate of drug-likeness (QED) is 0.775. The highest BCUT2D eigenvalue weighted by Crippen LogP contribution is 2.50. The summed E-state index contributed by atoms with van der Waals surface area (Å²) in [7, 11) is 0. The van der Waals surface area contributed by atoms with Gasteiger partial charge in [-0.3, -0.25) is 4.79 Å². The lowest BCUT2D eigenvalue weighted by atomic mass is 9.77. The Labute approximate surface area is 122 Å². The third-order valence-corrected chi connectivity index (χ3v) is 6.81. The molecular formula is C18H28O2. The molecule has 1 spiro atoms. The van der Waals surface area contributed by atoms with Gasteiger partial charge in [-0.05, 0) is 62.7 Å². The van der Waals surface area contributed by atoms with Gasteiger partial charge in [-0.15, -0.1) is 0 Å². The van der Waals surface area contributed by atoms with Gasteiger partial charge in [0.2, 0.25) is 0 Å². The lowest BCUT2D eigenvalue weighted by Crippen LogP contribution is -2.40. The standard InChI is InChI=1S/C18H28O2/c19-17(11-16-10-13-3-4-14(16)9-13)15-5-8-20-18(12-15)6-1-2-7-18/h13-16H,1-12H2. The number of ether oxygens (including phenoxy) is 1. The molecule has 0 amide bonds. The van der Waals surface area contributed by atoms with Crippen molar-refractivity contribution in [2.45, 2.75) is 76.2 Å². The summed E-state index contributed by atoms with van der Waals surface area (Å²) in [6.07, 6.45) is 13.5. The van der Waals surface area contributed by atoms with Gasteiger partial charge in [0.1, 0.15) is 5.78 Å². The Kier molecular flexibility index (Phi) is 3.41. The number of hydrogen-bond donors (Lipinski definition) is 0. The van der Waals surface area contributed by atoms with Gasteiger partial charge in [-0.1, -0.05) is 19.3 Å². The van der Waals surface area contributed by atoms with E-state index >= 15 is 0 Å². The summed E-state index contributed by atoms with van der Waals surface area (Å²) in [4.78, 5) is 12.7. The molecule has 1 aliphatic heterocycles. The zero-order chi connectivity index (χ0) is 13.6. The Morgan fingerprint density at radius 3 is 2.65 bits per heavy atom. The second kappa shape index (κ2) is 5.12. The van der Waals surface area contributed by atoms with Crippen molar-refractivity contribution in [1.29, 1.82) is 0 Å². The summed E-state index contributed by atoms with van der Waals surface area (Å²) in [6, 6.07) is 0. The molecule has 0 radical (unpaired) electrons. The minimum absolute atomic E-state index is 0.104. The Morgan fingerprint density at radius 1 is 1.10 bits per heavy atom. The fourth-order valence-corrected chi connectivity index (χ4v) is 5.72. The van der Waals surface area contributed by atoms with E-state index in [1.165, 1.54) is 51.4 Å². The van der Waals surface area contributed by atoms with Crippen molar-refractivity contribution >= 4 is 5.78 Å². The molecule has 4 atom stereocenters. The van der Waals surface area contributed by atoms with E-state index in [1.54, 1.807) is 0 Å². The van der Waals surface area contributed by atoms with Crippen LogP contribution in [0.15, 0.2) is 0 Å². The third-order valence-electron chi connectivity index (χ3n) is 6.81. The summed E-state index contributed by atoms with van der Waals surface area (Å²) in [6.45, 7) is 0.827. The zero-order valence-corrected chi connectivity index (χ0v) is 12.6. The first kappa shape index (κ1) is 13.3. The fraction of sp³-hybridized carbons (Fsp3) is 0.944. The minimum atomic E-state index is 0.104. The number of carbonyl (C=O) groups is 1. The summed E-state index contributed by atoms with van der Waals surface area (Å²) in [5.74, 6) is 3.50. The Hall–Kier alpha value is -0.370. The molecule has 4 aliphatic rings. The molecule has 0 N–H and O–H groups in total. The molecular weight excluding hydrogens is 248 g/mol. The van der Waals surface area contributed by atoms with Gasteiger partial charge in [0.25, 0.3) is 0 Å². The van der Waals surface area contributed by atoms with Crippen LogP contribution in [0.5, 0.6) is 0 Å². The summed E-state index contributed by atoms with van der Waals surface area (Å²) >= 11 is 0. The third kappa shape index (κ3) is 2.34. The van der Waals surface area contributed by atoms with E-state index in [2.05, 4.69) is 0 Å². The maximum Gasteiger partial charge on any atom is 0.136 e. The number of carbonyl (C=O) groups excluding carboxylic acids is 1. The summed E-state index contributed by atoms with van der Waals surface area (Å²) in [5.41, 5.74) is 0.104. The van der Waals surface area contributed by atoms with Crippen LogP contribution in [0, 0.1) is 23.7 Å². The summed E-state index contributed by atoms with van der Waals surface area (Å²) in [5, 5.41) is 0. The molecule has 20 heavy (non-hydrogen) atoms. The van der Waals surface area contributed by atoms with Gasteiger partial charge >= 0.3 is 0 Å². The van der Waals surface area contributed by atoms with E-state index in [4.69, 9.17) is 4.74 Å². The van der Waals surface area contributed by atoms with Gasteiger partial charge in [-0.2, -0.15) is 0 Å². The van der Waals surface area contributed by atoms with Gasteiger partial charge in [0.05, 0.1) is 5.60 Å². The molecule has 4 fully saturated rings. The smallest absolute Gasteiger partial charge is 0.136 e. The average Bonchev–Trinajstić information content (AvgIpc) is 3.16. The number of hydrogen-bond acceptors (Lipinski definition) is 2. The van der Waals surface area contributed by atoms with Crippen LogP contribution in [0.2, 0.25) is 0 Å². The molecule has 0 aromatic rings. The number of Topliss-reactive ketones (excluding diaryl/α,β-unsaturated/α-hetero) is 1. The van der Waals surface area contributed by atoms with Crippen molar-refractivity contribution in [3.8, 4) is 0 Å².